The number of rotatable bonds is 8. The average Bonchev–Trinajstić information content (AvgIpc) is 3.64. The Morgan fingerprint density at radius 1 is 1.03 bits per heavy atom. The normalized spacial score (nSPS) is 19.3. The summed E-state index contributed by atoms with van der Waals surface area (Å²) in [4.78, 5) is 37.6. The minimum atomic E-state index is -1.66. The molecule has 3 aromatic carbocycles. The fourth-order valence-electron chi connectivity index (χ4n) is 5.62. The Hall–Kier alpha value is -4.01. The maximum Gasteiger partial charge on any atom is 0.257 e. The van der Waals surface area contributed by atoms with Gasteiger partial charge in [-0.2, -0.15) is 0 Å². The van der Waals surface area contributed by atoms with Gasteiger partial charge in [0.1, 0.15) is 0 Å². The molecule has 0 bridgehead atoms. The molecular weight excluding hydrogens is 478 g/mol. The zero-order valence-electron chi connectivity index (χ0n) is 21.2. The largest absolute Gasteiger partial charge is 0.363 e. The molecule has 1 aromatic heterocycles. The van der Waals surface area contributed by atoms with Crippen LogP contribution in [0.5, 0.6) is 0 Å². The third-order valence-corrected chi connectivity index (χ3v) is 7.57. The molecule has 1 atom stereocenters. The zero-order chi connectivity index (χ0) is 26.1. The number of aromatic nitrogens is 2. The van der Waals surface area contributed by atoms with E-state index >= 15 is 0 Å². The minimum Gasteiger partial charge on any atom is -0.363 e. The van der Waals surface area contributed by atoms with Crippen molar-refractivity contribution in [2.45, 2.75) is 38.0 Å². The highest BCUT2D eigenvalue weighted by atomic mass is 16.3. The summed E-state index contributed by atoms with van der Waals surface area (Å²) in [6.07, 6.45) is 3.73. The molecule has 4 aromatic rings. The molecule has 3 N–H and O–H groups in total. The number of fused-ring (bicyclic) bond motifs is 2. The predicted molar refractivity (Wildman–Crippen MR) is 145 cm³/mol. The maximum absolute atomic E-state index is 13.4. The van der Waals surface area contributed by atoms with Gasteiger partial charge in [-0.15, -0.1) is 0 Å². The van der Waals surface area contributed by atoms with Crippen LogP contribution in [0.3, 0.4) is 0 Å². The number of aromatic amines is 1. The monoisotopic (exact) mass is 509 g/mol. The van der Waals surface area contributed by atoms with Gasteiger partial charge in [-0.3, -0.25) is 19.8 Å². The van der Waals surface area contributed by atoms with Crippen LogP contribution in [-0.4, -0.2) is 56.3 Å². The molecule has 2 aliphatic heterocycles. The van der Waals surface area contributed by atoms with Gasteiger partial charge < -0.3 is 15.0 Å². The van der Waals surface area contributed by atoms with Crippen LogP contribution in [0.1, 0.15) is 52.7 Å². The lowest BCUT2D eigenvalue weighted by molar-refractivity contribution is -0.116. The van der Waals surface area contributed by atoms with Crippen LogP contribution < -0.4 is 5.32 Å². The van der Waals surface area contributed by atoms with Crippen LogP contribution in [0.25, 0.3) is 11.0 Å². The number of carbonyl (C=O) groups is 2. The number of imidazole rings is 1. The van der Waals surface area contributed by atoms with Crippen LogP contribution >= 0.6 is 0 Å². The summed E-state index contributed by atoms with van der Waals surface area (Å²) in [6.45, 7) is 3.44. The van der Waals surface area contributed by atoms with E-state index in [1.165, 1.54) is 17.7 Å². The Kier molecular flexibility index (Phi) is 6.43. The third kappa shape index (κ3) is 4.46. The molecule has 0 aliphatic carbocycles. The Morgan fingerprint density at radius 3 is 2.61 bits per heavy atom. The molecule has 0 saturated carbocycles. The average molecular weight is 510 g/mol. The summed E-state index contributed by atoms with van der Waals surface area (Å²) in [7, 11) is 0. The first-order valence-electron chi connectivity index (χ1n) is 13.2. The van der Waals surface area contributed by atoms with Gasteiger partial charge in [0.2, 0.25) is 11.9 Å². The highest BCUT2D eigenvalue weighted by Crippen LogP contribution is 2.43. The van der Waals surface area contributed by atoms with Crippen LogP contribution in [0.2, 0.25) is 0 Å². The summed E-state index contributed by atoms with van der Waals surface area (Å²) >= 11 is 0. The Balaban J connectivity index is 1.25. The molecule has 3 heterocycles. The maximum atomic E-state index is 13.4. The smallest absolute Gasteiger partial charge is 0.257 e. The van der Waals surface area contributed by atoms with Gasteiger partial charge in [0.25, 0.3) is 5.91 Å². The summed E-state index contributed by atoms with van der Waals surface area (Å²) in [5.41, 5.74) is 2.15. The second kappa shape index (κ2) is 10.0. The van der Waals surface area contributed by atoms with Crippen molar-refractivity contribution >= 4 is 28.8 Å². The Labute approximate surface area is 221 Å². The van der Waals surface area contributed by atoms with Gasteiger partial charge in [0.05, 0.1) is 11.0 Å². The first-order valence-corrected chi connectivity index (χ1v) is 13.2. The van der Waals surface area contributed by atoms with Crippen LogP contribution in [0.15, 0.2) is 72.8 Å². The molecule has 2 aliphatic rings. The number of hydrogen-bond acceptors (Lipinski definition) is 5. The van der Waals surface area contributed by atoms with Crippen molar-refractivity contribution in [1.82, 2.24) is 19.8 Å². The lowest BCUT2D eigenvalue weighted by Crippen LogP contribution is -2.44. The lowest BCUT2D eigenvalue weighted by Gasteiger charge is -2.35. The number of amides is 2. The van der Waals surface area contributed by atoms with Crippen LogP contribution in [0.4, 0.5) is 5.95 Å². The summed E-state index contributed by atoms with van der Waals surface area (Å²) in [5.74, 6) is 0.0711. The second-order valence-corrected chi connectivity index (χ2v) is 10.1. The number of anilines is 1. The highest BCUT2D eigenvalue weighted by molar-refractivity contribution is 6.00. The van der Waals surface area contributed by atoms with Crippen molar-refractivity contribution in [3.8, 4) is 0 Å². The number of likely N-dealkylation sites (tertiary alicyclic amines) is 1. The molecule has 0 spiro atoms. The first kappa shape index (κ1) is 24.3. The van der Waals surface area contributed by atoms with E-state index in [2.05, 4.69) is 20.2 Å². The van der Waals surface area contributed by atoms with E-state index in [-0.39, 0.29) is 18.4 Å². The first-order chi connectivity index (χ1) is 18.5. The van der Waals surface area contributed by atoms with Gasteiger partial charge in [0.15, 0.2) is 5.72 Å². The Morgan fingerprint density at radius 2 is 1.79 bits per heavy atom. The van der Waals surface area contributed by atoms with E-state index in [0.29, 0.717) is 34.6 Å². The molecule has 1 saturated heterocycles. The molecule has 8 heteroatoms. The summed E-state index contributed by atoms with van der Waals surface area (Å²) in [6, 6.07) is 22.2. The van der Waals surface area contributed by atoms with E-state index in [4.69, 9.17) is 0 Å². The number of nitrogens with zero attached hydrogens (tertiary/aromatic N) is 3. The van der Waals surface area contributed by atoms with Crippen molar-refractivity contribution in [2.75, 3.05) is 25.0 Å². The molecular formula is C30H31N5O3. The van der Waals surface area contributed by atoms with Crippen LogP contribution in [-0.2, 0) is 17.1 Å². The fraction of sp³-hybridized carbons (Fsp3) is 0.300. The second-order valence-electron chi connectivity index (χ2n) is 10.1. The molecule has 8 nitrogen and oxygen atoms in total. The van der Waals surface area contributed by atoms with E-state index in [1.54, 1.807) is 30.3 Å². The molecule has 6 rings (SSSR count). The minimum absolute atomic E-state index is 0.0774. The third-order valence-electron chi connectivity index (χ3n) is 7.57. The molecule has 1 unspecified atom stereocenters. The van der Waals surface area contributed by atoms with Gasteiger partial charge in [-0.1, -0.05) is 54.6 Å². The number of H-pyrrole nitrogens is 1. The fourth-order valence-corrected chi connectivity index (χ4v) is 5.62. The van der Waals surface area contributed by atoms with E-state index < -0.39 is 5.72 Å². The van der Waals surface area contributed by atoms with Gasteiger partial charge >= 0.3 is 0 Å². The van der Waals surface area contributed by atoms with Crippen molar-refractivity contribution in [3.63, 3.8) is 0 Å². The SMILES string of the molecule is O=C(CCCN1CCCC1)Nc1nc2cc(C3(O)c4ccccc4C(=O)N3Cc3ccccc3)ccc2[nH]1. The number of benzene rings is 3. The standard InChI is InChI=1S/C30H31N5O3/c36-27(13-8-18-34-16-6-7-17-34)33-29-31-25-15-14-22(19-26(25)32-29)30(38)24-12-5-4-11-23(24)28(37)35(30)20-21-9-2-1-3-10-21/h1-5,9-12,14-15,19,38H,6-8,13,16-18,20H2,(H2,31,32,33,36). The molecule has 1 fully saturated rings. The van der Waals surface area contributed by atoms with Crippen LogP contribution in [0, 0.1) is 0 Å². The lowest BCUT2D eigenvalue weighted by atomic mass is 9.93. The number of hydrogen-bond donors (Lipinski definition) is 3. The van der Waals surface area contributed by atoms with E-state index in [9.17, 15) is 14.7 Å². The van der Waals surface area contributed by atoms with Crippen molar-refractivity contribution < 1.29 is 14.7 Å². The molecule has 0 radical (unpaired) electrons. The van der Waals surface area contributed by atoms with Gasteiger partial charge in [-0.05, 0) is 62.7 Å². The molecule has 2 amide bonds. The number of nitrogens with one attached hydrogen (secondary N) is 2. The van der Waals surface area contributed by atoms with E-state index in [0.717, 1.165) is 37.1 Å². The number of carbonyl (C=O) groups excluding carboxylic acids is 2. The number of aliphatic hydroxyl groups is 1. The molecule has 194 valence electrons. The zero-order valence-corrected chi connectivity index (χ0v) is 21.2. The quantitative estimate of drug-likeness (QED) is 0.330. The van der Waals surface area contributed by atoms with Crippen molar-refractivity contribution in [2.24, 2.45) is 0 Å². The topological polar surface area (TPSA) is 102 Å². The molecule has 38 heavy (non-hydrogen) atoms. The Bertz CT molecular complexity index is 1480. The van der Waals surface area contributed by atoms with Gasteiger partial charge in [-0.25, -0.2) is 4.98 Å². The van der Waals surface area contributed by atoms with Crippen molar-refractivity contribution in [3.05, 3.63) is 95.1 Å². The predicted octanol–water partition coefficient (Wildman–Crippen LogP) is 4.23. The van der Waals surface area contributed by atoms with Gasteiger partial charge in [0, 0.05) is 29.7 Å². The summed E-state index contributed by atoms with van der Waals surface area (Å²) < 4.78 is 0. The van der Waals surface area contributed by atoms with E-state index in [1.807, 2.05) is 42.5 Å². The summed E-state index contributed by atoms with van der Waals surface area (Å²) in [5, 5.41) is 15.1. The van der Waals surface area contributed by atoms with Crippen molar-refractivity contribution in [1.29, 1.82) is 0 Å². The highest BCUT2D eigenvalue weighted by Gasteiger charge is 2.49.